The molecular formula is Ho2O9Si3. The zero-order chi connectivity index (χ0) is 10.7. The molecule has 0 fully saturated rings. The maximum Gasteiger partial charge on any atom is 3.00 e. The summed E-state index contributed by atoms with van der Waals surface area (Å²) in [5.74, 6) is 0. The van der Waals surface area contributed by atoms with Crippen LogP contribution in [0.4, 0.5) is 0 Å². The van der Waals surface area contributed by atoms with Crippen LogP contribution in [0.25, 0.3) is 0 Å². The molecule has 0 aromatic heterocycles. The van der Waals surface area contributed by atoms with Crippen molar-refractivity contribution in [3.05, 3.63) is 0 Å². The summed E-state index contributed by atoms with van der Waals surface area (Å²) in [6.45, 7) is 0. The summed E-state index contributed by atoms with van der Waals surface area (Å²) in [6.07, 6.45) is 0. The van der Waals surface area contributed by atoms with Crippen LogP contribution in [0.2, 0.25) is 0 Å². The van der Waals surface area contributed by atoms with Gasteiger partial charge in [0.25, 0.3) is 0 Å². The predicted molar refractivity (Wildman–Crippen MR) is 19.3 cm³/mol. The Hall–Kier alpha value is 1.37. The van der Waals surface area contributed by atoms with E-state index in [-0.39, 0.29) is 75.5 Å². The quantitative estimate of drug-likeness (QED) is 0.260. The maximum atomic E-state index is 8.52. The second kappa shape index (κ2) is 23.9. The minimum atomic E-state index is -3.63. The summed E-state index contributed by atoms with van der Waals surface area (Å²) in [7, 11) is -10.9. The van der Waals surface area contributed by atoms with E-state index < -0.39 is 27.5 Å². The van der Waals surface area contributed by atoms with Gasteiger partial charge in [-0.3, -0.25) is 0 Å². The molecule has 0 heterocycles. The smallest absolute Gasteiger partial charge is 0.672 e. The number of rotatable bonds is 0. The molecule has 0 rings (SSSR count). The minimum Gasteiger partial charge on any atom is -0.672 e. The summed E-state index contributed by atoms with van der Waals surface area (Å²) < 4.78 is 25.6. The van der Waals surface area contributed by atoms with Crippen LogP contribution in [0.15, 0.2) is 0 Å². The molecule has 0 bridgehead atoms. The van der Waals surface area contributed by atoms with E-state index in [0.717, 1.165) is 0 Å². The van der Waals surface area contributed by atoms with E-state index in [1.54, 1.807) is 0 Å². The van der Waals surface area contributed by atoms with Gasteiger partial charge >= 0.3 is 75.5 Å². The second-order valence-corrected chi connectivity index (χ2v) is 2.25. The van der Waals surface area contributed by atoms with Crippen LogP contribution in [0.5, 0.6) is 0 Å². The van der Waals surface area contributed by atoms with Crippen molar-refractivity contribution < 1.29 is 118 Å². The predicted octanol–water partition coefficient (Wildman–Crippen LogP) is -8.63. The van der Waals surface area contributed by atoms with Crippen LogP contribution >= 0.6 is 0 Å². The molecule has 0 spiro atoms. The molecule has 9 nitrogen and oxygen atoms in total. The molecule has 14 heteroatoms. The van der Waals surface area contributed by atoms with Crippen molar-refractivity contribution in [3.63, 3.8) is 0 Å². The Kier molecular flexibility index (Phi) is 50.4. The van der Waals surface area contributed by atoms with Gasteiger partial charge in [0.15, 0.2) is 0 Å². The molecule has 0 unspecified atom stereocenters. The molecule has 0 saturated heterocycles. The number of hydrogen-bond acceptors (Lipinski definition) is 9. The van der Waals surface area contributed by atoms with Gasteiger partial charge in [-0.15, -0.1) is 0 Å². The monoisotopic (exact) mass is 558 g/mol. The molecule has 0 atom stereocenters. The van der Waals surface area contributed by atoms with Gasteiger partial charge in [-0.2, -0.15) is 0 Å². The average molecular weight is 558 g/mol. The molecule has 0 N–H and O–H groups in total. The topological polar surface area (TPSA) is 190 Å². The Labute approximate surface area is 143 Å². The first-order valence-electron chi connectivity index (χ1n) is 1.84. The molecule has 0 amide bonds. The van der Waals surface area contributed by atoms with E-state index in [4.69, 9.17) is 42.2 Å². The van der Waals surface area contributed by atoms with Crippen molar-refractivity contribution in [1.82, 2.24) is 0 Å². The van der Waals surface area contributed by atoms with Crippen LogP contribution in [0.3, 0.4) is 0 Å². The summed E-state index contributed by atoms with van der Waals surface area (Å²) in [5.41, 5.74) is 0. The molecule has 0 radical (unpaired) electrons. The summed E-state index contributed by atoms with van der Waals surface area (Å²) in [5, 5.41) is 0. The van der Waals surface area contributed by atoms with Crippen LogP contribution in [-0.4, -0.2) is 27.5 Å². The molecule has 0 aromatic carbocycles. The third kappa shape index (κ3) is 1090. The van der Waals surface area contributed by atoms with Crippen molar-refractivity contribution in [2.24, 2.45) is 0 Å². The molecule has 0 aliphatic rings. The Balaban J connectivity index is -0.0000000270. The first kappa shape index (κ1) is 29.5. The first-order chi connectivity index (χ1) is 5.20. The van der Waals surface area contributed by atoms with Crippen molar-refractivity contribution in [2.45, 2.75) is 0 Å². The van der Waals surface area contributed by atoms with Gasteiger partial charge in [0.2, 0.25) is 0 Å². The minimum absolute atomic E-state index is 0. The Bertz CT molecular complexity index is 116. The fourth-order valence-electron chi connectivity index (χ4n) is 0. The molecular weight excluding hydrogens is 558 g/mol. The van der Waals surface area contributed by atoms with Crippen molar-refractivity contribution >= 4 is 27.5 Å². The van der Waals surface area contributed by atoms with E-state index in [1.807, 2.05) is 0 Å². The third-order valence-electron chi connectivity index (χ3n) is 0. The Morgan fingerprint density at radius 2 is 0.500 bits per heavy atom. The van der Waals surface area contributed by atoms with Gasteiger partial charge in [0.1, 0.15) is 0 Å². The molecule has 14 heavy (non-hydrogen) atoms. The van der Waals surface area contributed by atoms with Crippen LogP contribution in [0.1, 0.15) is 0 Å². The van der Waals surface area contributed by atoms with Crippen molar-refractivity contribution in [1.29, 1.82) is 0 Å². The van der Waals surface area contributed by atoms with Crippen molar-refractivity contribution in [3.8, 4) is 0 Å². The van der Waals surface area contributed by atoms with E-state index in [0.29, 0.717) is 0 Å². The van der Waals surface area contributed by atoms with Gasteiger partial charge in [-0.25, -0.2) is 0 Å². The van der Waals surface area contributed by atoms with E-state index >= 15 is 0 Å². The number of hydrogen-bond donors (Lipinski definition) is 0. The Morgan fingerprint density at radius 3 is 0.500 bits per heavy atom. The van der Waals surface area contributed by atoms with E-state index in [9.17, 15) is 0 Å². The summed E-state index contributed by atoms with van der Waals surface area (Å²) in [4.78, 5) is 51.1. The van der Waals surface area contributed by atoms with Crippen LogP contribution < -0.4 is 28.8 Å². The summed E-state index contributed by atoms with van der Waals surface area (Å²) in [6, 6.07) is 0. The fourth-order valence-corrected chi connectivity index (χ4v) is 0. The third-order valence-corrected chi connectivity index (χ3v) is 0. The fraction of sp³-hybridized carbons (Fsp3) is 0. The Morgan fingerprint density at radius 1 is 0.500 bits per heavy atom. The van der Waals surface area contributed by atoms with E-state index in [1.165, 1.54) is 0 Å². The van der Waals surface area contributed by atoms with Gasteiger partial charge in [-0.05, 0) is 0 Å². The standard InChI is InChI=1S/2Ho.3O3Si/c;;3*1-4(2)3/q2*+3;3*-2. The molecule has 0 saturated carbocycles. The van der Waals surface area contributed by atoms with E-state index in [2.05, 4.69) is 0 Å². The molecule has 0 aliphatic heterocycles. The second-order valence-electron chi connectivity index (χ2n) is 0.750. The van der Waals surface area contributed by atoms with Gasteiger partial charge in [0.05, 0.1) is 0 Å². The van der Waals surface area contributed by atoms with Crippen LogP contribution in [0, 0.1) is 75.5 Å². The zero-order valence-electron chi connectivity index (χ0n) is 5.78. The summed E-state index contributed by atoms with van der Waals surface area (Å²) >= 11 is 0. The normalized spacial score (nSPS) is 5.14. The SMILES string of the molecule is O=[Si]([O-])[O-].O=[Si]([O-])[O-].O=[Si]([O-])[O-].[Ho+3].[Ho+3]. The largest absolute Gasteiger partial charge is 3.00 e. The molecule has 0 aromatic rings. The van der Waals surface area contributed by atoms with Crippen LogP contribution in [-0.2, 0) is 13.4 Å². The van der Waals surface area contributed by atoms with Gasteiger partial charge in [0, 0.05) is 27.5 Å². The zero-order valence-corrected chi connectivity index (χ0v) is 12.6. The van der Waals surface area contributed by atoms with Gasteiger partial charge in [-0.1, -0.05) is 0 Å². The maximum absolute atomic E-state index is 8.52. The average Bonchev–Trinajstić information content (AvgIpc) is 1.54. The van der Waals surface area contributed by atoms with Crippen molar-refractivity contribution in [2.75, 3.05) is 0 Å². The molecule has 0 aliphatic carbocycles. The molecule has 88 valence electrons. The first-order valence-corrected chi connectivity index (χ1v) is 5.51. The van der Waals surface area contributed by atoms with Gasteiger partial charge < -0.3 is 42.2 Å².